The number of methoxy groups -OCH3 is 4. The Morgan fingerprint density at radius 2 is 0.861 bits per heavy atom. The first-order valence-electron chi connectivity index (χ1n) is 11.3. The topological polar surface area (TPSA) is 122 Å². The van der Waals surface area contributed by atoms with Crippen LogP contribution in [0.3, 0.4) is 0 Å². The van der Waals surface area contributed by atoms with Gasteiger partial charge in [0.1, 0.15) is 5.78 Å². The summed E-state index contributed by atoms with van der Waals surface area (Å²) in [5.74, 6) is -4.25. The van der Waals surface area contributed by atoms with Crippen LogP contribution in [0.25, 0.3) is 0 Å². The molecule has 0 aliphatic heterocycles. The maximum Gasteiger partial charge on any atom is 0.338 e. The maximum atomic E-state index is 13.7. The number of esters is 4. The van der Waals surface area contributed by atoms with E-state index in [4.69, 9.17) is 18.9 Å². The molecular weight excluding hydrogens is 468 g/mol. The molecule has 0 aliphatic carbocycles. The van der Waals surface area contributed by atoms with Crippen molar-refractivity contribution in [1.29, 1.82) is 0 Å². The van der Waals surface area contributed by atoms with Gasteiger partial charge in [0.25, 0.3) is 0 Å². The van der Waals surface area contributed by atoms with Gasteiger partial charge < -0.3 is 18.9 Å². The molecule has 0 aromatic heterocycles. The van der Waals surface area contributed by atoms with E-state index in [2.05, 4.69) is 0 Å². The lowest BCUT2D eigenvalue weighted by molar-refractivity contribution is -0.122. The Morgan fingerprint density at radius 3 is 1.14 bits per heavy atom. The number of hydrogen-bond acceptors (Lipinski definition) is 9. The van der Waals surface area contributed by atoms with Gasteiger partial charge >= 0.3 is 23.9 Å². The Bertz CT molecular complexity index is 1080. The van der Waals surface area contributed by atoms with Crippen LogP contribution in [0.5, 0.6) is 0 Å². The molecule has 2 atom stereocenters. The van der Waals surface area contributed by atoms with E-state index in [1.54, 1.807) is 12.1 Å². The van der Waals surface area contributed by atoms with E-state index in [0.717, 1.165) is 0 Å². The van der Waals surface area contributed by atoms with Crippen LogP contribution in [0.1, 0.15) is 91.1 Å². The molecule has 2 aromatic carbocycles. The van der Waals surface area contributed by atoms with Gasteiger partial charge in [-0.3, -0.25) is 4.79 Å². The second kappa shape index (κ2) is 12.6. The molecule has 0 saturated heterocycles. The zero-order valence-corrected chi connectivity index (χ0v) is 21.2. The van der Waals surface area contributed by atoms with Crippen LogP contribution in [0.15, 0.2) is 36.4 Å². The second-order valence-corrected chi connectivity index (χ2v) is 7.90. The summed E-state index contributed by atoms with van der Waals surface area (Å²) in [7, 11) is 4.80. The fraction of sp³-hybridized carbons (Fsp3) is 0.370. The van der Waals surface area contributed by atoms with E-state index in [1.165, 1.54) is 52.7 Å². The van der Waals surface area contributed by atoms with Gasteiger partial charge in [-0.05, 0) is 48.2 Å². The minimum absolute atomic E-state index is 0.00319. The highest BCUT2D eigenvalue weighted by Crippen LogP contribution is 2.33. The summed E-state index contributed by atoms with van der Waals surface area (Å²) in [5, 5.41) is 0. The summed E-state index contributed by atoms with van der Waals surface area (Å²) in [6.07, 6.45) is 0.829. The lowest BCUT2D eigenvalue weighted by Gasteiger charge is -2.23. The first-order chi connectivity index (χ1) is 17.2. The molecule has 9 nitrogen and oxygen atoms in total. The molecule has 0 radical (unpaired) electrons. The summed E-state index contributed by atoms with van der Waals surface area (Å²) in [6.45, 7) is 3.67. The molecular formula is C27H30O9. The average Bonchev–Trinajstić information content (AvgIpc) is 2.91. The number of ether oxygens (including phenoxy) is 4. The van der Waals surface area contributed by atoms with Gasteiger partial charge in [0.15, 0.2) is 0 Å². The number of Topliss-reactive ketones (excluding diaryl/α,β-unsaturated/α-hetero) is 1. The maximum absolute atomic E-state index is 13.7. The average molecular weight is 499 g/mol. The van der Waals surface area contributed by atoms with Gasteiger partial charge in [-0.1, -0.05) is 26.0 Å². The summed E-state index contributed by atoms with van der Waals surface area (Å²) >= 11 is 0. The van der Waals surface area contributed by atoms with Crippen molar-refractivity contribution in [1.82, 2.24) is 0 Å². The summed E-state index contributed by atoms with van der Waals surface area (Å²) < 4.78 is 19.1. The Hall–Kier alpha value is -4.01. The van der Waals surface area contributed by atoms with E-state index in [-0.39, 0.29) is 28.0 Å². The van der Waals surface area contributed by atoms with Crippen LogP contribution in [0.4, 0.5) is 0 Å². The van der Waals surface area contributed by atoms with E-state index in [0.29, 0.717) is 24.0 Å². The van der Waals surface area contributed by atoms with Crippen molar-refractivity contribution in [3.8, 4) is 0 Å². The Kier molecular flexibility index (Phi) is 9.90. The van der Waals surface area contributed by atoms with Gasteiger partial charge in [-0.2, -0.15) is 0 Å². The monoisotopic (exact) mass is 498 g/mol. The second-order valence-electron chi connectivity index (χ2n) is 7.90. The zero-order valence-electron chi connectivity index (χ0n) is 21.2. The molecule has 2 aromatic rings. The van der Waals surface area contributed by atoms with Crippen molar-refractivity contribution >= 4 is 29.7 Å². The molecule has 0 spiro atoms. The highest BCUT2D eigenvalue weighted by Gasteiger charge is 2.30. The third-order valence-electron chi connectivity index (χ3n) is 6.02. The molecule has 0 amide bonds. The molecule has 2 unspecified atom stereocenters. The Morgan fingerprint density at radius 1 is 0.556 bits per heavy atom. The first kappa shape index (κ1) is 28.2. The fourth-order valence-electron chi connectivity index (χ4n) is 4.14. The zero-order chi connectivity index (χ0) is 27.0. The lowest BCUT2D eigenvalue weighted by Crippen LogP contribution is -2.22. The summed E-state index contributed by atoms with van der Waals surface area (Å²) in [6, 6.07) is 9.03. The van der Waals surface area contributed by atoms with Crippen LogP contribution in [0, 0.1) is 0 Å². The van der Waals surface area contributed by atoms with Crippen LogP contribution < -0.4 is 0 Å². The number of benzene rings is 2. The van der Waals surface area contributed by atoms with Crippen molar-refractivity contribution in [2.75, 3.05) is 28.4 Å². The summed E-state index contributed by atoms with van der Waals surface area (Å²) in [5.41, 5.74) is 1.13. The Labute approximate surface area is 209 Å². The Balaban J connectivity index is 2.56. The van der Waals surface area contributed by atoms with Gasteiger partial charge in [-0.15, -0.1) is 0 Å². The lowest BCUT2D eigenvalue weighted by atomic mass is 9.80. The molecule has 0 N–H and O–H groups in total. The quantitative estimate of drug-likeness (QED) is 0.352. The van der Waals surface area contributed by atoms with Crippen LogP contribution >= 0.6 is 0 Å². The van der Waals surface area contributed by atoms with Crippen LogP contribution in [-0.4, -0.2) is 58.1 Å². The minimum Gasteiger partial charge on any atom is -0.465 e. The van der Waals surface area contributed by atoms with Crippen molar-refractivity contribution < 1.29 is 42.9 Å². The largest absolute Gasteiger partial charge is 0.465 e. The molecule has 2 rings (SSSR count). The molecule has 9 heteroatoms. The number of carbonyl (C=O) groups is 5. The third-order valence-corrected chi connectivity index (χ3v) is 6.02. The van der Waals surface area contributed by atoms with Gasteiger partial charge in [0.05, 0.1) is 50.7 Å². The van der Waals surface area contributed by atoms with Crippen molar-refractivity contribution in [3.63, 3.8) is 0 Å². The standard InChI is InChI=1S/C27H30O9/c1-7-17(15-9-11-19(24(29)33-3)21(13-15)26(31)35-5)23(28)18(8-2)16-10-12-20(25(30)34-4)22(14-16)27(32)36-6/h9-14,17-18H,7-8H2,1-6H3. The predicted octanol–water partition coefficient (Wildman–Crippen LogP) is 4.09. The van der Waals surface area contributed by atoms with Crippen LogP contribution in [0.2, 0.25) is 0 Å². The molecule has 0 bridgehead atoms. The molecule has 36 heavy (non-hydrogen) atoms. The first-order valence-corrected chi connectivity index (χ1v) is 11.3. The molecule has 0 aliphatic rings. The molecule has 0 saturated carbocycles. The predicted molar refractivity (Wildman–Crippen MR) is 129 cm³/mol. The van der Waals surface area contributed by atoms with Crippen molar-refractivity contribution in [3.05, 3.63) is 69.8 Å². The number of rotatable bonds is 10. The molecule has 0 fully saturated rings. The van der Waals surface area contributed by atoms with E-state index in [1.807, 2.05) is 13.8 Å². The van der Waals surface area contributed by atoms with E-state index in [9.17, 15) is 24.0 Å². The molecule has 192 valence electrons. The summed E-state index contributed by atoms with van der Waals surface area (Å²) in [4.78, 5) is 62.7. The highest BCUT2D eigenvalue weighted by atomic mass is 16.5. The van der Waals surface area contributed by atoms with Crippen molar-refractivity contribution in [2.45, 2.75) is 38.5 Å². The normalized spacial score (nSPS) is 12.2. The highest BCUT2D eigenvalue weighted by molar-refractivity contribution is 6.05. The number of carbonyl (C=O) groups excluding carboxylic acids is 5. The third kappa shape index (κ3) is 5.79. The smallest absolute Gasteiger partial charge is 0.338 e. The molecule has 0 heterocycles. The van der Waals surface area contributed by atoms with Crippen molar-refractivity contribution in [2.24, 2.45) is 0 Å². The van der Waals surface area contributed by atoms with E-state index >= 15 is 0 Å². The number of hydrogen-bond donors (Lipinski definition) is 0. The van der Waals surface area contributed by atoms with E-state index < -0.39 is 35.7 Å². The van der Waals surface area contributed by atoms with Gasteiger partial charge in [0.2, 0.25) is 0 Å². The SMILES string of the molecule is CCC(C(=O)C(CC)c1ccc(C(=O)OC)c(C(=O)OC)c1)c1ccc(C(=O)OC)c(C(=O)OC)c1. The number of ketones is 1. The van der Waals surface area contributed by atoms with Crippen LogP contribution in [-0.2, 0) is 23.7 Å². The fourth-order valence-corrected chi connectivity index (χ4v) is 4.14. The minimum atomic E-state index is -0.729. The van der Waals surface area contributed by atoms with Gasteiger partial charge in [0, 0.05) is 11.8 Å². The van der Waals surface area contributed by atoms with Gasteiger partial charge in [-0.25, -0.2) is 19.2 Å².